The second-order valence-corrected chi connectivity index (χ2v) is 6.07. The average Bonchev–Trinajstić information content (AvgIpc) is 2.56. The van der Waals surface area contributed by atoms with Crippen LogP contribution < -0.4 is 10.6 Å². The first-order valence-electron chi connectivity index (χ1n) is 7.24. The molecule has 0 radical (unpaired) electrons. The van der Waals surface area contributed by atoms with Gasteiger partial charge in [-0.05, 0) is 36.2 Å². The van der Waals surface area contributed by atoms with Gasteiger partial charge in [-0.15, -0.1) is 0 Å². The summed E-state index contributed by atoms with van der Waals surface area (Å²) in [6.07, 6.45) is 1.12. The zero-order chi connectivity index (χ0) is 14.3. The van der Waals surface area contributed by atoms with E-state index in [1.165, 1.54) is 15.4 Å². The summed E-state index contributed by atoms with van der Waals surface area (Å²) >= 11 is 1.79. The average molecular weight is 297 g/mol. The molecule has 0 spiro atoms. The highest BCUT2D eigenvalue weighted by molar-refractivity contribution is 7.99. The van der Waals surface area contributed by atoms with Gasteiger partial charge < -0.3 is 10.6 Å². The maximum absolute atomic E-state index is 4.41. The van der Waals surface area contributed by atoms with Gasteiger partial charge >= 0.3 is 0 Å². The third-order valence-electron chi connectivity index (χ3n) is 3.26. The fourth-order valence-corrected chi connectivity index (χ4v) is 2.97. The van der Waals surface area contributed by atoms with Crippen molar-refractivity contribution in [3.63, 3.8) is 0 Å². The first-order valence-corrected chi connectivity index (χ1v) is 8.06. The molecule has 0 aliphatic carbocycles. The van der Waals surface area contributed by atoms with Crippen LogP contribution in [0.25, 0.3) is 0 Å². The Morgan fingerprint density at radius 3 is 2.48 bits per heavy atom. The summed E-state index contributed by atoms with van der Waals surface area (Å²) < 4.78 is 0. The van der Waals surface area contributed by atoms with E-state index in [2.05, 4.69) is 64.2 Å². The molecule has 2 N–H and O–H groups in total. The number of rotatable bonds is 4. The van der Waals surface area contributed by atoms with Gasteiger partial charge in [0.05, 0.1) is 0 Å². The lowest BCUT2D eigenvalue weighted by Crippen LogP contribution is -2.40. The van der Waals surface area contributed by atoms with Gasteiger partial charge in [-0.3, -0.25) is 4.99 Å². The molecule has 3 nitrogen and oxygen atoms in total. The molecule has 0 atom stereocenters. The van der Waals surface area contributed by atoms with Crippen LogP contribution in [0.5, 0.6) is 0 Å². The molecule has 0 saturated heterocycles. The molecule has 0 fully saturated rings. The van der Waals surface area contributed by atoms with Crippen LogP contribution in [0.15, 0.2) is 69.4 Å². The van der Waals surface area contributed by atoms with Crippen LogP contribution in [0.1, 0.15) is 12.0 Å². The predicted molar refractivity (Wildman–Crippen MR) is 88.8 cm³/mol. The van der Waals surface area contributed by atoms with Crippen molar-refractivity contribution in [3.05, 3.63) is 60.2 Å². The van der Waals surface area contributed by atoms with Crippen LogP contribution >= 0.6 is 11.8 Å². The van der Waals surface area contributed by atoms with Crippen LogP contribution in [-0.2, 0) is 6.54 Å². The molecule has 2 aromatic rings. The van der Waals surface area contributed by atoms with E-state index in [4.69, 9.17) is 0 Å². The molecule has 0 amide bonds. The van der Waals surface area contributed by atoms with Gasteiger partial charge in [-0.25, -0.2) is 0 Å². The standard InChI is InChI=1S/C17H19N3S/c1-2-5-15(6-3-1)21-16-9-7-14(8-10-16)13-20-17-18-11-4-12-19-17/h1-3,5-10H,4,11-13H2,(H2,18,19,20). The first-order chi connectivity index (χ1) is 10.4. The Morgan fingerprint density at radius 2 is 1.76 bits per heavy atom. The van der Waals surface area contributed by atoms with E-state index < -0.39 is 0 Å². The Kier molecular flexibility index (Phi) is 4.79. The molecule has 3 rings (SSSR count). The van der Waals surface area contributed by atoms with Crippen molar-refractivity contribution < 1.29 is 0 Å². The lowest BCUT2D eigenvalue weighted by atomic mass is 10.2. The number of aliphatic imine (C=N–C) groups is 1. The highest BCUT2D eigenvalue weighted by Crippen LogP contribution is 2.27. The first kappa shape index (κ1) is 14.0. The van der Waals surface area contributed by atoms with E-state index >= 15 is 0 Å². The normalized spacial score (nSPS) is 14.2. The smallest absolute Gasteiger partial charge is 0.191 e. The second-order valence-electron chi connectivity index (χ2n) is 4.92. The summed E-state index contributed by atoms with van der Waals surface area (Å²) in [5.41, 5.74) is 1.27. The van der Waals surface area contributed by atoms with Crippen molar-refractivity contribution in [3.8, 4) is 0 Å². The fourth-order valence-electron chi connectivity index (χ4n) is 2.14. The van der Waals surface area contributed by atoms with Crippen molar-refractivity contribution in [2.24, 2.45) is 4.99 Å². The Bertz CT molecular complexity index is 593. The summed E-state index contributed by atoms with van der Waals surface area (Å²) in [7, 11) is 0. The number of hydrogen-bond donors (Lipinski definition) is 2. The Balaban J connectivity index is 1.55. The van der Waals surface area contributed by atoms with Crippen LogP contribution in [-0.4, -0.2) is 19.0 Å². The molecule has 0 unspecified atom stereocenters. The monoisotopic (exact) mass is 297 g/mol. The Labute approximate surface area is 129 Å². The van der Waals surface area contributed by atoms with Crippen molar-refractivity contribution >= 4 is 17.7 Å². The molecule has 21 heavy (non-hydrogen) atoms. The summed E-state index contributed by atoms with van der Waals surface area (Å²) in [4.78, 5) is 6.94. The van der Waals surface area contributed by atoms with Crippen molar-refractivity contribution in [1.29, 1.82) is 0 Å². The number of hydrogen-bond acceptors (Lipinski definition) is 4. The van der Waals surface area contributed by atoms with E-state index in [0.29, 0.717) is 0 Å². The van der Waals surface area contributed by atoms with Gasteiger partial charge in [0.1, 0.15) is 0 Å². The van der Waals surface area contributed by atoms with Crippen LogP contribution in [0.4, 0.5) is 0 Å². The maximum Gasteiger partial charge on any atom is 0.191 e. The van der Waals surface area contributed by atoms with Crippen molar-refractivity contribution in [2.75, 3.05) is 13.1 Å². The lowest BCUT2D eigenvalue weighted by molar-refractivity contribution is 0.702. The van der Waals surface area contributed by atoms with Crippen LogP contribution in [0, 0.1) is 0 Å². The van der Waals surface area contributed by atoms with Crippen molar-refractivity contribution in [1.82, 2.24) is 10.6 Å². The number of benzene rings is 2. The molecule has 1 aliphatic rings. The fraction of sp³-hybridized carbons (Fsp3) is 0.235. The topological polar surface area (TPSA) is 36.4 Å². The molecule has 0 saturated carbocycles. The van der Waals surface area contributed by atoms with E-state index in [1.807, 2.05) is 6.07 Å². The molecule has 1 aliphatic heterocycles. The maximum atomic E-state index is 4.41. The molecule has 0 aromatic heterocycles. The summed E-state index contributed by atoms with van der Waals surface area (Å²) in [6, 6.07) is 19.1. The molecule has 2 aromatic carbocycles. The van der Waals surface area contributed by atoms with E-state index in [0.717, 1.165) is 32.0 Å². The largest absolute Gasteiger partial charge is 0.356 e. The highest BCUT2D eigenvalue weighted by atomic mass is 32.2. The highest BCUT2D eigenvalue weighted by Gasteiger charge is 2.03. The quantitative estimate of drug-likeness (QED) is 0.909. The predicted octanol–water partition coefficient (Wildman–Crippen LogP) is 3.28. The zero-order valence-electron chi connectivity index (χ0n) is 11.9. The minimum absolute atomic E-state index is 0.808. The molecule has 108 valence electrons. The Morgan fingerprint density at radius 1 is 1.00 bits per heavy atom. The SMILES string of the molecule is c1ccc(Sc2ccc(CNC3=NCCCN3)cc2)cc1. The number of nitrogens with zero attached hydrogens (tertiary/aromatic N) is 1. The zero-order valence-corrected chi connectivity index (χ0v) is 12.7. The van der Waals surface area contributed by atoms with E-state index in [-0.39, 0.29) is 0 Å². The number of nitrogens with one attached hydrogen (secondary N) is 2. The Hall–Kier alpha value is -1.94. The third kappa shape index (κ3) is 4.26. The molecular formula is C17H19N3S. The minimum atomic E-state index is 0.808. The molecular weight excluding hydrogens is 278 g/mol. The molecule has 0 bridgehead atoms. The van der Waals surface area contributed by atoms with Gasteiger partial charge in [0.25, 0.3) is 0 Å². The summed E-state index contributed by atoms with van der Waals surface area (Å²) in [5, 5.41) is 6.61. The lowest BCUT2D eigenvalue weighted by Gasteiger charge is -2.16. The minimum Gasteiger partial charge on any atom is -0.356 e. The van der Waals surface area contributed by atoms with Crippen LogP contribution in [0.2, 0.25) is 0 Å². The third-order valence-corrected chi connectivity index (χ3v) is 4.28. The van der Waals surface area contributed by atoms with Crippen molar-refractivity contribution in [2.45, 2.75) is 22.8 Å². The van der Waals surface area contributed by atoms with E-state index in [1.54, 1.807) is 11.8 Å². The van der Waals surface area contributed by atoms with Gasteiger partial charge in [0.15, 0.2) is 5.96 Å². The van der Waals surface area contributed by atoms with Crippen LogP contribution in [0.3, 0.4) is 0 Å². The number of guanidine groups is 1. The van der Waals surface area contributed by atoms with Gasteiger partial charge in [0.2, 0.25) is 0 Å². The van der Waals surface area contributed by atoms with E-state index in [9.17, 15) is 0 Å². The second kappa shape index (κ2) is 7.18. The van der Waals surface area contributed by atoms with Gasteiger partial charge in [-0.1, -0.05) is 42.1 Å². The summed E-state index contributed by atoms with van der Waals surface area (Å²) in [5.74, 6) is 0.920. The van der Waals surface area contributed by atoms with Gasteiger partial charge in [0, 0.05) is 29.4 Å². The van der Waals surface area contributed by atoms with Gasteiger partial charge in [-0.2, -0.15) is 0 Å². The summed E-state index contributed by atoms with van der Waals surface area (Å²) in [6.45, 7) is 2.74. The molecule has 1 heterocycles. The molecule has 4 heteroatoms.